The number of methoxy groups -OCH3 is 1. The monoisotopic (exact) mass is 771 g/mol. The van der Waals surface area contributed by atoms with Crippen LogP contribution >= 0.6 is 11.3 Å². The summed E-state index contributed by atoms with van der Waals surface area (Å²) >= 11 is 1.37. The zero-order valence-corrected chi connectivity index (χ0v) is 35.6. The Morgan fingerprint density at radius 2 is 1.52 bits per heavy atom. The van der Waals surface area contributed by atoms with E-state index in [-0.39, 0.29) is 59.2 Å². The molecule has 11 nitrogen and oxygen atoms in total. The Morgan fingerprint density at radius 3 is 2.07 bits per heavy atom. The van der Waals surface area contributed by atoms with Crippen LogP contribution in [0.15, 0.2) is 35.7 Å². The second-order valence-corrected chi connectivity index (χ2v) is 15.9. The van der Waals surface area contributed by atoms with Crippen molar-refractivity contribution in [1.29, 1.82) is 0 Å². The predicted molar refractivity (Wildman–Crippen MR) is 217 cm³/mol. The molecule has 0 aliphatic rings. The minimum absolute atomic E-state index is 0.0726. The number of hydrogen-bond acceptors (Lipinski definition) is 9. The molecule has 8 atom stereocenters. The van der Waals surface area contributed by atoms with Crippen LogP contribution in [0.3, 0.4) is 0 Å². The van der Waals surface area contributed by atoms with Crippen molar-refractivity contribution in [1.82, 2.24) is 25.8 Å². The third kappa shape index (κ3) is 14.1. The van der Waals surface area contributed by atoms with Gasteiger partial charge in [-0.25, -0.2) is 4.98 Å². The molecule has 3 amide bonds. The van der Waals surface area contributed by atoms with Crippen molar-refractivity contribution in [3.8, 4) is 0 Å². The highest BCUT2D eigenvalue weighted by molar-refractivity contribution is 7.09. The van der Waals surface area contributed by atoms with E-state index in [1.807, 2.05) is 62.9 Å². The molecule has 1 heterocycles. The van der Waals surface area contributed by atoms with Crippen LogP contribution in [0.25, 0.3) is 0 Å². The smallest absolute Gasteiger partial charge is 0.308 e. The molecule has 0 aliphatic heterocycles. The Labute approximate surface area is 329 Å². The quantitative estimate of drug-likeness (QED) is 0.0921. The Bertz CT molecular complexity index is 1420. The Morgan fingerprint density at radius 1 is 0.870 bits per heavy atom. The summed E-state index contributed by atoms with van der Waals surface area (Å²) in [6.07, 6.45) is 4.11. The SMILES string of the molecule is CCCO[C@H](CC(C(C)C)N(CCC)C(=O)[C@@H](NC(=O)[C@@H](NC)[C@@H](C)CC)[C@@H](C)CC)c1nc(C(=O)N[C@@H](Cc2ccccc2)C[C@H](C)C(=O)OC)cs1. The third-order valence-corrected chi connectivity index (χ3v) is 11.3. The molecular weight excluding hydrogens is 703 g/mol. The Hall–Kier alpha value is -3.35. The first kappa shape index (κ1) is 46.8. The number of carbonyl (C=O) groups excluding carboxylic acids is 4. The number of rotatable bonds is 25. The summed E-state index contributed by atoms with van der Waals surface area (Å²) in [4.78, 5) is 60.9. The van der Waals surface area contributed by atoms with Crippen LogP contribution in [0, 0.1) is 23.7 Å². The molecular formula is C42H69N5O6S. The number of hydrogen-bond donors (Lipinski definition) is 3. The highest BCUT2D eigenvalue weighted by atomic mass is 32.1. The second-order valence-electron chi connectivity index (χ2n) is 15.1. The molecule has 54 heavy (non-hydrogen) atoms. The maximum Gasteiger partial charge on any atom is 0.308 e. The van der Waals surface area contributed by atoms with Crippen LogP contribution in [0.1, 0.15) is 128 Å². The fourth-order valence-corrected chi connectivity index (χ4v) is 7.65. The van der Waals surface area contributed by atoms with E-state index >= 15 is 0 Å². The van der Waals surface area contributed by atoms with Crippen LogP contribution < -0.4 is 16.0 Å². The Balaban J connectivity index is 2.41. The van der Waals surface area contributed by atoms with Crippen LogP contribution in [0.4, 0.5) is 0 Å². The van der Waals surface area contributed by atoms with E-state index < -0.39 is 24.1 Å². The van der Waals surface area contributed by atoms with Gasteiger partial charge in [0.1, 0.15) is 22.8 Å². The van der Waals surface area contributed by atoms with Crippen molar-refractivity contribution >= 4 is 35.0 Å². The van der Waals surface area contributed by atoms with E-state index in [1.165, 1.54) is 18.4 Å². The van der Waals surface area contributed by atoms with Crippen LogP contribution in [-0.2, 0) is 30.3 Å². The van der Waals surface area contributed by atoms with Gasteiger partial charge in [0.2, 0.25) is 11.8 Å². The highest BCUT2D eigenvalue weighted by Crippen LogP contribution is 2.32. The summed E-state index contributed by atoms with van der Waals surface area (Å²) in [5.74, 6) is -1.18. The number of carbonyl (C=O) groups is 4. The topological polar surface area (TPSA) is 139 Å². The standard InChI is InChI=1S/C42H69N5O6S/c1-12-21-47(41(50)37(29(8)15-4)46-39(49)36(43-10)28(7)14-3)34(27(5)6)25-35(53-22-13-2)40-45-33(26-54-40)38(48)44-32(23-30(9)42(51)52-11)24-31-19-17-16-18-20-31/h16-20,26-30,32,34-37,43H,12-15,21-25H2,1-11H3,(H,44,48)(H,46,49)/t28-,29-,30-,32+,34?,35+,36-,37-/m0/s1. The van der Waals surface area contributed by atoms with Crippen LogP contribution in [0.5, 0.6) is 0 Å². The molecule has 0 saturated carbocycles. The van der Waals surface area contributed by atoms with E-state index in [0.717, 1.165) is 31.2 Å². The van der Waals surface area contributed by atoms with Gasteiger partial charge >= 0.3 is 5.97 Å². The molecule has 1 unspecified atom stereocenters. The number of ether oxygens (including phenoxy) is 2. The number of nitrogens with zero attached hydrogens (tertiary/aromatic N) is 2. The maximum atomic E-state index is 14.6. The van der Waals surface area contributed by atoms with Gasteiger partial charge in [0.25, 0.3) is 5.91 Å². The molecule has 0 saturated heterocycles. The lowest BCUT2D eigenvalue weighted by Crippen LogP contribution is -2.59. The fraction of sp³-hybridized carbons (Fsp3) is 0.690. The third-order valence-electron chi connectivity index (χ3n) is 10.4. The van der Waals surface area contributed by atoms with Crippen LogP contribution in [-0.4, -0.2) is 85.1 Å². The lowest BCUT2D eigenvalue weighted by atomic mass is 9.91. The molecule has 304 valence electrons. The van der Waals surface area contributed by atoms with Gasteiger partial charge in [-0.05, 0) is 56.0 Å². The van der Waals surface area contributed by atoms with Crippen molar-refractivity contribution in [2.45, 2.75) is 138 Å². The summed E-state index contributed by atoms with van der Waals surface area (Å²) in [6.45, 7) is 19.3. The summed E-state index contributed by atoms with van der Waals surface area (Å²) in [5.41, 5.74) is 1.33. The number of nitrogens with one attached hydrogen (secondary N) is 3. The van der Waals surface area contributed by atoms with Gasteiger partial charge in [0.15, 0.2) is 0 Å². The first-order valence-corrected chi connectivity index (χ1v) is 20.9. The van der Waals surface area contributed by atoms with E-state index in [4.69, 9.17) is 14.5 Å². The number of thiazole rings is 1. The lowest BCUT2D eigenvalue weighted by Gasteiger charge is -2.39. The number of amides is 3. The van der Waals surface area contributed by atoms with Crippen molar-refractivity contribution in [2.75, 3.05) is 27.3 Å². The van der Waals surface area contributed by atoms with Gasteiger partial charge in [-0.2, -0.15) is 0 Å². The molecule has 2 aromatic rings. The zero-order valence-electron chi connectivity index (χ0n) is 34.8. The minimum Gasteiger partial charge on any atom is -0.469 e. The lowest BCUT2D eigenvalue weighted by molar-refractivity contribution is -0.145. The van der Waals surface area contributed by atoms with Gasteiger partial charge in [-0.1, -0.05) is 105 Å². The molecule has 0 bridgehead atoms. The molecule has 1 aromatic carbocycles. The highest BCUT2D eigenvalue weighted by Gasteiger charge is 2.38. The number of benzene rings is 1. The van der Waals surface area contributed by atoms with E-state index in [0.29, 0.717) is 37.4 Å². The molecule has 12 heteroatoms. The number of aromatic nitrogens is 1. The molecule has 0 fully saturated rings. The second kappa shape index (κ2) is 24.2. The van der Waals surface area contributed by atoms with Gasteiger partial charge in [-0.3, -0.25) is 19.2 Å². The van der Waals surface area contributed by atoms with E-state index in [9.17, 15) is 19.2 Å². The van der Waals surface area contributed by atoms with Crippen molar-refractivity contribution < 1.29 is 28.7 Å². The summed E-state index contributed by atoms with van der Waals surface area (Å²) in [6, 6.07) is 8.24. The van der Waals surface area contributed by atoms with E-state index in [1.54, 1.807) is 19.4 Å². The van der Waals surface area contributed by atoms with Gasteiger partial charge in [0.05, 0.1) is 19.1 Å². The molecule has 0 radical (unpaired) electrons. The molecule has 0 aliphatic carbocycles. The van der Waals surface area contributed by atoms with Crippen molar-refractivity contribution in [3.63, 3.8) is 0 Å². The first-order chi connectivity index (χ1) is 25.8. The van der Waals surface area contributed by atoms with Gasteiger partial charge in [0, 0.05) is 37.0 Å². The zero-order chi connectivity index (χ0) is 40.4. The summed E-state index contributed by atoms with van der Waals surface area (Å²) in [5, 5.41) is 11.8. The van der Waals surface area contributed by atoms with Gasteiger partial charge < -0.3 is 30.3 Å². The first-order valence-electron chi connectivity index (χ1n) is 20.0. The van der Waals surface area contributed by atoms with Crippen molar-refractivity contribution in [3.05, 3.63) is 52.0 Å². The van der Waals surface area contributed by atoms with Gasteiger partial charge in [-0.15, -0.1) is 11.3 Å². The molecule has 3 N–H and O–H groups in total. The minimum atomic E-state index is -0.675. The van der Waals surface area contributed by atoms with E-state index in [2.05, 4.69) is 43.6 Å². The molecule has 2 rings (SSSR count). The predicted octanol–water partition coefficient (Wildman–Crippen LogP) is 6.97. The maximum absolute atomic E-state index is 14.6. The van der Waals surface area contributed by atoms with Crippen LogP contribution in [0.2, 0.25) is 0 Å². The summed E-state index contributed by atoms with van der Waals surface area (Å²) in [7, 11) is 3.16. The Kier molecular flexibility index (Phi) is 21.0. The summed E-state index contributed by atoms with van der Waals surface area (Å²) < 4.78 is 11.4. The average Bonchev–Trinajstić information content (AvgIpc) is 3.66. The average molecular weight is 772 g/mol. The largest absolute Gasteiger partial charge is 0.469 e. The molecule has 1 aromatic heterocycles. The normalized spacial score (nSPS) is 16.0. The number of likely N-dealkylation sites (N-methyl/N-ethyl adjacent to an activating group) is 1. The van der Waals surface area contributed by atoms with Crippen molar-refractivity contribution in [2.24, 2.45) is 23.7 Å². The number of esters is 1. The fourth-order valence-electron chi connectivity index (χ4n) is 6.79. The molecule has 0 spiro atoms.